The van der Waals surface area contributed by atoms with E-state index in [-0.39, 0.29) is 24.3 Å². The molecule has 0 saturated heterocycles. The third-order valence-electron chi connectivity index (χ3n) is 4.26. The molecule has 0 spiro atoms. The molecule has 184 valence electrons. The average molecular weight is 475 g/mol. The first kappa shape index (κ1) is 28.3. The summed E-state index contributed by atoms with van der Waals surface area (Å²) in [4.78, 5) is 45.5. The van der Waals surface area contributed by atoms with Crippen LogP contribution in [0.2, 0.25) is 0 Å². The van der Waals surface area contributed by atoms with Gasteiger partial charge in [0.25, 0.3) is 0 Å². The largest absolute Gasteiger partial charge is 0.450 e. The highest BCUT2D eigenvalue weighted by Gasteiger charge is 2.14. The molecule has 0 unspecified atom stereocenters. The molecule has 2 rings (SSSR count). The molecule has 0 heterocycles. The van der Waals surface area contributed by atoms with Crippen LogP contribution < -0.4 is 10.6 Å². The Morgan fingerprint density at radius 1 is 0.706 bits per heavy atom. The quantitative estimate of drug-likeness (QED) is 0.425. The number of aliphatic hydroxyl groups excluding tert-OH is 2. The fraction of sp³-hybridized carbons (Fsp3) is 0.333. The Balaban J connectivity index is 0.000000340. The van der Waals surface area contributed by atoms with Crippen molar-refractivity contribution in [3.8, 4) is 0 Å². The van der Waals surface area contributed by atoms with Crippen LogP contribution in [-0.2, 0) is 9.47 Å². The molecule has 2 aromatic rings. The van der Waals surface area contributed by atoms with Crippen molar-refractivity contribution in [1.82, 2.24) is 0 Å². The van der Waals surface area contributed by atoms with E-state index in [2.05, 4.69) is 10.6 Å². The van der Waals surface area contributed by atoms with E-state index in [0.717, 1.165) is 11.1 Å². The monoisotopic (exact) mass is 474 g/mol. The fourth-order valence-electron chi connectivity index (χ4n) is 2.72. The second kappa shape index (κ2) is 14.4. The molecule has 0 bridgehead atoms. The summed E-state index contributed by atoms with van der Waals surface area (Å²) in [5.74, 6) is -0.888. The predicted octanol–water partition coefficient (Wildman–Crippen LogP) is 3.48. The maximum Gasteiger partial charge on any atom is 0.411 e. The van der Waals surface area contributed by atoms with Crippen molar-refractivity contribution < 1.29 is 38.9 Å². The van der Waals surface area contributed by atoms with Gasteiger partial charge in [-0.2, -0.15) is 0 Å². The van der Waals surface area contributed by atoms with Crippen molar-refractivity contribution in [3.05, 3.63) is 58.7 Å². The smallest absolute Gasteiger partial charge is 0.411 e. The number of anilines is 2. The summed E-state index contributed by atoms with van der Waals surface area (Å²) in [6.07, 6.45) is -1.24. The zero-order valence-corrected chi connectivity index (χ0v) is 19.6. The number of nitrogens with one attached hydrogen (secondary N) is 2. The molecule has 0 aliphatic carbocycles. The average Bonchev–Trinajstić information content (AvgIpc) is 2.81. The van der Waals surface area contributed by atoms with E-state index >= 15 is 0 Å². The van der Waals surface area contributed by atoms with Gasteiger partial charge < -0.3 is 19.7 Å². The number of aliphatic hydroxyl groups is 2. The molecular weight excluding hydrogens is 444 g/mol. The summed E-state index contributed by atoms with van der Waals surface area (Å²) >= 11 is 0. The number of carbonyl (C=O) groups excluding carboxylic acids is 4. The summed E-state index contributed by atoms with van der Waals surface area (Å²) in [7, 11) is 0. The van der Waals surface area contributed by atoms with Gasteiger partial charge in [-0.15, -0.1) is 0 Å². The summed E-state index contributed by atoms with van der Waals surface area (Å²) < 4.78 is 9.44. The van der Waals surface area contributed by atoms with Gasteiger partial charge in [0.05, 0.1) is 24.6 Å². The van der Waals surface area contributed by atoms with Crippen molar-refractivity contribution in [1.29, 1.82) is 0 Å². The molecule has 0 aliphatic heterocycles. The Hall–Kier alpha value is -3.76. The lowest BCUT2D eigenvalue weighted by Gasteiger charge is -2.10. The third kappa shape index (κ3) is 9.00. The Labute approximate surface area is 197 Å². The van der Waals surface area contributed by atoms with Crippen LogP contribution in [0.5, 0.6) is 0 Å². The van der Waals surface area contributed by atoms with E-state index in [9.17, 15) is 19.2 Å². The molecule has 0 atom stereocenters. The highest BCUT2D eigenvalue weighted by Crippen LogP contribution is 2.19. The number of hydrogen-bond donors (Lipinski definition) is 4. The minimum Gasteiger partial charge on any atom is -0.450 e. The predicted molar refractivity (Wildman–Crippen MR) is 126 cm³/mol. The summed E-state index contributed by atoms with van der Waals surface area (Å²) in [5.41, 5.74) is 2.98. The van der Waals surface area contributed by atoms with Gasteiger partial charge in [-0.1, -0.05) is 23.3 Å². The van der Waals surface area contributed by atoms with Gasteiger partial charge in [0, 0.05) is 11.1 Å². The standard InChI is InChI=1S/2C12H15NO4/c2*1-3-17-12(16)13-10-5-4-8(2)6-9(10)11(15)7-14/h2*4-6,14H,3,7H2,1-2H3,(H,13,16). The van der Waals surface area contributed by atoms with E-state index < -0.39 is 37.0 Å². The Kier molecular flexibility index (Phi) is 12.0. The van der Waals surface area contributed by atoms with Gasteiger partial charge >= 0.3 is 12.2 Å². The van der Waals surface area contributed by atoms with Crippen LogP contribution in [0.25, 0.3) is 0 Å². The normalized spacial score (nSPS) is 9.82. The first-order valence-electron chi connectivity index (χ1n) is 10.5. The van der Waals surface area contributed by atoms with Gasteiger partial charge in [-0.3, -0.25) is 20.2 Å². The molecule has 0 aliphatic rings. The van der Waals surface area contributed by atoms with Crippen molar-refractivity contribution in [2.45, 2.75) is 27.7 Å². The molecule has 0 aromatic heterocycles. The zero-order valence-electron chi connectivity index (χ0n) is 19.6. The van der Waals surface area contributed by atoms with E-state index in [1.807, 2.05) is 13.8 Å². The van der Waals surface area contributed by atoms with Crippen molar-refractivity contribution >= 4 is 35.1 Å². The van der Waals surface area contributed by atoms with Crippen LogP contribution in [0.3, 0.4) is 0 Å². The highest BCUT2D eigenvalue weighted by molar-refractivity contribution is 6.05. The van der Waals surface area contributed by atoms with Gasteiger partial charge in [-0.25, -0.2) is 9.59 Å². The number of rotatable bonds is 8. The SMILES string of the molecule is CCOC(=O)Nc1ccc(C)cc1C(=O)CO.CCOC(=O)Nc1ccc(C)cc1C(=O)CO. The van der Waals surface area contributed by atoms with Crippen LogP contribution in [0.1, 0.15) is 45.7 Å². The molecule has 10 heteroatoms. The molecule has 4 N–H and O–H groups in total. The van der Waals surface area contributed by atoms with Gasteiger partial charge in [-0.05, 0) is 52.0 Å². The Morgan fingerprint density at radius 2 is 1.06 bits per heavy atom. The first-order valence-corrected chi connectivity index (χ1v) is 10.5. The number of Topliss-reactive ketones (excluding diaryl/α,β-unsaturated/α-hetero) is 2. The van der Waals surface area contributed by atoms with Crippen molar-refractivity contribution in [3.63, 3.8) is 0 Å². The van der Waals surface area contributed by atoms with Crippen molar-refractivity contribution in [2.24, 2.45) is 0 Å². The summed E-state index contributed by atoms with van der Waals surface area (Å²) in [6, 6.07) is 9.95. The van der Waals surface area contributed by atoms with Gasteiger partial charge in [0.1, 0.15) is 13.2 Å². The van der Waals surface area contributed by atoms with Crippen LogP contribution in [0, 0.1) is 13.8 Å². The van der Waals surface area contributed by atoms with E-state index in [1.54, 1.807) is 50.2 Å². The van der Waals surface area contributed by atoms with E-state index in [4.69, 9.17) is 19.7 Å². The lowest BCUT2D eigenvalue weighted by atomic mass is 10.1. The van der Waals surface area contributed by atoms with Gasteiger partial charge in [0.2, 0.25) is 0 Å². The van der Waals surface area contributed by atoms with Gasteiger partial charge in [0.15, 0.2) is 11.6 Å². The second-order valence-corrected chi connectivity index (χ2v) is 6.95. The second-order valence-electron chi connectivity index (χ2n) is 6.95. The number of benzene rings is 2. The minimum absolute atomic E-state index is 0.251. The maximum absolute atomic E-state index is 11.5. The van der Waals surface area contributed by atoms with Crippen LogP contribution >= 0.6 is 0 Å². The minimum atomic E-state index is -0.622. The lowest BCUT2D eigenvalue weighted by Crippen LogP contribution is -2.17. The maximum atomic E-state index is 11.5. The van der Waals surface area contributed by atoms with E-state index in [1.165, 1.54) is 0 Å². The molecular formula is C24H30N2O8. The molecule has 34 heavy (non-hydrogen) atoms. The lowest BCUT2D eigenvalue weighted by molar-refractivity contribution is 0.0898. The number of aryl methyl sites for hydroxylation is 2. The number of ketones is 2. The fourth-order valence-corrected chi connectivity index (χ4v) is 2.72. The molecule has 10 nitrogen and oxygen atoms in total. The van der Waals surface area contributed by atoms with Crippen molar-refractivity contribution in [2.75, 3.05) is 37.1 Å². The molecule has 0 fully saturated rings. The molecule has 2 aromatic carbocycles. The Bertz CT molecular complexity index is 939. The zero-order chi connectivity index (χ0) is 25.7. The molecule has 2 amide bonds. The third-order valence-corrected chi connectivity index (χ3v) is 4.26. The number of ether oxygens (including phenoxy) is 2. The first-order chi connectivity index (χ1) is 16.2. The summed E-state index contributed by atoms with van der Waals surface area (Å²) in [5, 5.41) is 22.6. The van der Waals surface area contributed by atoms with Crippen LogP contribution in [0.4, 0.5) is 21.0 Å². The molecule has 0 saturated carbocycles. The van der Waals surface area contributed by atoms with Crippen LogP contribution in [-0.4, -0.2) is 60.4 Å². The highest BCUT2D eigenvalue weighted by atomic mass is 16.6. The van der Waals surface area contributed by atoms with Crippen LogP contribution in [0.15, 0.2) is 36.4 Å². The topological polar surface area (TPSA) is 151 Å². The number of amides is 2. The Morgan fingerprint density at radius 3 is 1.35 bits per heavy atom. The number of hydrogen-bond acceptors (Lipinski definition) is 8. The molecule has 0 radical (unpaired) electrons. The summed E-state index contributed by atoms with van der Waals surface area (Å²) in [6.45, 7) is 6.33. The number of carbonyl (C=O) groups is 4. The van der Waals surface area contributed by atoms with E-state index in [0.29, 0.717) is 11.4 Å².